The van der Waals surface area contributed by atoms with Crippen LogP contribution in [0.3, 0.4) is 0 Å². The molecular formula is C9H13N2O+. The Bertz CT molecular complexity index is 271. The van der Waals surface area contributed by atoms with Crippen LogP contribution >= 0.6 is 0 Å². The first-order valence-corrected chi connectivity index (χ1v) is 4.03. The van der Waals surface area contributed by atoms with Crippen LogP contribution in [-0.4, -0.2) is 11.4 Å². The molecular weight excluding hydrogens is 152 g/mol. The normalized spacial score (nSPS) is 10.8. The van der Waals surface area contributed by atoms with Crippen molar-refractivity contribution in [2.75, 3.05) is 0 Å². The van der Waals surface area contributed by atoms with E-state index in [1.54, 1.807) is 0 Å². The first-order chi connectivity index (χ1) is 5.86. The van der Waals surface area contributed by atoms with Gasteiger partial charge in [-0.15, -0.1) is 0 Å². The number of hydrogen-bond donors (Lipinski definition) is 1. The van der Waals surface area contributed by atoms with Crippen molar-refractivity contribution in [2.45, 2.75) is 19.9 Å². The maximum atomic E-state index is 8.30. The van der Waals surface area contributed by atoms with Gasteiger partial charge in [0.1, 0.15) is 6.54 Å². The zero-order valence-corrected chi connectivity index (χ0v) is 7.14. The molecule has 1 heterocycles. The summed E-state index contributed by atoms with van der Waals surface area (Å²) in [5.74, 6) is 0. The van der Waals surface area contributed by atoms with E-state index in [0.29, 0.717) is 0 Å². The molecule has 0 bridgehead atoms. The zero-order valence-electron chi connectivity index (χ0n) is 7.14. The number of aryl methyl sites for hydroxylation is 1. The third-order valence-electron chi connectivity index (χ3n) is 1.57. The maximum Gasteiger partial charge on any atom is 0.177 e. The van der Waals surface area contributed by atoms with Gasteiger partial charge in [-0.1, -0.05) is 12.1 Å². The Morgan fingerprint density at radius 2 is 2.50 bits per heavy atom. The fourth-order valence-corrected chi connectivity index (χ4v) is 1.08. The van der Waals surface area contributed by atoms with Gasteiger partial charge >= 0.3 is 0 Å². The van der Waals surface area contributed by atoms with Crippen LogP contribution in [0, 0.1) is 0 Å². The van der Waals surface area contributed by atoms with Gasteiger partial charge in [0.15, 0.2) is 12.4 Å². The Hall–Kier alpha value is -1.38. The summed E-state index contributed by atoms with van der Waals surface area (Å²) in [6.45, 7) is 3.12. The Kier molecular flexibility index (Phi) is 3.26. The van der Waals surface area contributed by atoms with Gasteiger partial charge in [0.2, 0.25) is 0 Å². The summed E-state index contributed by atoms with van der Waals surface area (Å²) in [5.41, 5.74) is 0.911. The number of pyridine rings is 1. The minimum Gasteiger partial charge on any atom is -0.411 e. The van der Waals surface area contributed by atoms with E-state index in [1.807, 2.05) is 24.5 Å². The zero-order chi connectivity index (χ0) is 8.81. The highest BCUT2D eigenvalue weighted by molar-refractivity contribution is 5.77. The lowest BCUT2D eigenvalue weighted by atomic mass is 10.3. The van der Waals surface area contributed by atoms with Gasteiger partial charge in [-0.25, -0.2) is 4.57 Å². The second-order valence-electron chi connectivity index (χ2n) is 2.62. The SMILES string of the molecule is CCC[n+]1cccc(/C=N/O)c1. The molecule has 0 saturated heterocycles. The molecule has 0 fully saturated rings. The van der Waals surface area contributed by atoms with E-state index in [9.17, 15) is 0 Å². The lowest BCUT2D eigenvalue weighted by Crippen LogP contribution is -2.32. The number of nitrogens with zero attached hydrogens (tertiary/aromatic N) is 2. The molecule has 0 aliphatic heterocycles. The summed E-state index contributed by atoms with van der Waals surface area (Å²) in [5, 5.41) is 11.3. The van der Waals surface area contributed by atoms with E-state index >= 15 is 0 Å². The van der Waals surface area contributed by atoms with Gasteiger partial charge in [-0.3, -0.25) is 0 Å². The summed E-state index contributed by atoms with van der Waals surface area (Å²) in [7, 11) is 0. The average molecular weight is 165 g/mol. The fourth-order valence-electron chi connectivity index (χ4n) is 1.08. The highest BCUT2D eigenvalue weighted by Gasteiger charge is 1.98. The van der Waals surface area contributed by atoms with Crippen LogP contribution in [0.1, 0.15) is 18.9 Å². The quantitative estimate of drug-likeness (QED) is 0.310. The van der Waals surface area contributed by atoms with Gasteiger partial charge in [0, 0.05) is 12.5 Å². The van der Waals surface area contributed by atoms with E-state index in [4.69, 9.17) is 5.21 Å². The molecule has 0 radical (unpaired) electrons. The maximum absolute atomic E-state index is 8.30. The Labute approximate surface area is 72.0 Å². The molecule has 12 heavy (non-hydrogen) atoms. The number of aromatic nitrogens is 1. The van der Waals surface area contributed by atoms with Crippen LogP contribution in [0.5, 0.6) is 0 Å². The molecule has 64 valence electrons. The Morgan fingerprint density at radius 1 is 1.67 bits per heavy atom. The number of oxime groups is 1. The van der Waals surface area contributed by atoms with E-state index < -0.39 is 0 Å². The summed E-state index contributed by atoms with van der Waals surface area (Å²) >= 11 is 0. The van der Waals surface area contributed by atoms with Crippen molar-refractivity contribution in [1.29, 1.82) is 0 Å². The molecule has 1 aromatic heterocycles. The molecule has 0 aromatic carbocycles. The van der Waals surface area contributed by atoms with Gasteiger partial charge in [-0.05, 0) is 6.07 Å². The third-order valence-corrected chi connectivity index (χ3v) is 1.57. The van der Waals surface area contributed by atoms with Crippen LogP contribution in [-0.2, 0) is 6.54 Å². The predicted octanol–water partition coefficient (Wildman–Crippen LogP) is 1.19. The lowest BCUT2D eigenvalue weighted by molar-refractivity contribution is -0.697. The van der Waals surface area contributed by atoms with Crippen LogP contribution in [0.25, 0.3) is 0 Å². The van der Waals surface area contributed by atoms with E-state index in [1.165, 1.54) is 6.21 Å². The van der Waals surface area contributed by atoms with Crippen LogP contribution < -0.4 is 4.57 Å². The van der Waals surface area contributed by atoms with Crippen molar-refractivity contribution < 1.29 is 9.77 Å². The number of hydrogen-bond acceptors (Lipinski definition) is 2. The third kappa shape index (κ3) is 2.34. The average Bonchev–Trinajstić information content (AvgIpc) is 2.06. The highest BCUT2D eigenvalue weighted by atomic mass is 16.4. The second kappa shape index (κ2) is 4.49. The lowest BCUT2D eigenvalue weighted by Gasteiger charge is -1.93. The largest absolute Gasteiger partial charge is 0.411 e. The highest BCUT2D eigenvalue weighted by Crippen LogP contribution is 1.89. The molecule has 0 aliphatic rings. The first-order valence-electron chi connectivity index (χ1n) is 4.03. The van der Waals surface area contributed by atoms with Gasteiger partial charge < -0.3 is 5.21 Å². The standard InChI is InChI=1S/C9H12N2O/c1-2-5-11-6-3-4-9(8-11)7-10-12/h3-4,6-8H,2,5H2,1H3/p+1/b10-7+. The molecule has 1 rings (SSSR count). The van der Waals surface area contributed by atoms with Gasteiger partial charge in [-0.2, -0.15) is 0 Å². The van der Waals surface area contributed by atoms with Crippen molar-refractivity contribution in [1.82, 2.24) is 0 Å². The monoisotopic (exact) mass is 165 g/mol. The predicted molar refractivity (Wildman–Crippen MR) is 46.3 cm³/mol. The van der Waals surface area contributed by atoms with Crippen molar-refractivity contribution in [2.24, 2.45) is 5.16 Å². The van der Waals surface area contributed by atoms with Crippen LogP contribution in [0.2, 0.25) is 0 Å². The smallest absolute Gasteiger partial charge is 0.177 e. The van der Waals surface area contributed by atoms with Crippen LogP contribution in [0.4, 0.5) is 0 Å². The minimum absolute atomic E-state index is 0.911. The molecule has 0 atom stereocenters. The van der Waals surface area contributed by atoms with E-state index in [0.717, 1.165) is 18.5 Å². The van der Waals surface area contributed by atoms with Crippen LogP contribution in [0.15, 0.2) is 29.7 Å². The molecule has 3 nitrogen and oxygen atoms in total. The van der Waals surface area contributed by atoms with E-state index in [2.05, 4.69) is 16.6 Å². The molecule has 0 spiro atoms. The molecule has 0 unspecified atom stereocenters. The molecule has 0 amide bonds. The molecule has 0 aliphatic carbocycles. The van der Waals surface area contributed by atoms with Crippen molar-refractivity contribution >= 4 is 6.21 Å². The van der Waals surface area contributed by atoms with Crippen molar-refractivity contribution in [3.8, 4) is 0 Å². The topological polar surface area (TPSA) is 36.5 Å². The molecule has 1 N–H and O–H groups in total. The summed E-state index contributed by atoms with van der Waals surface area (Å²) in [4.78, 5) is 0. The second-order valence-corrected chi connectivity index (χ2v) is 2.62. The summed E-state index contributed by atoms with van der Waals surface area (Å²) < 4.78 is 2.07. The molecule has 1 aromatic rings. The summed E-state index contributed by atoms with van der Waals surface area (Å²) in [6, 6.07) is 3.83. The van der Waals surface area contributed by atoms with E-state index in [-0.39, 0.29) is 0 Å². The number of rotatable bonds is 3. The Balaban J connectivity index is 2.80. The Morgan fingerprint density at radius 3 is 3.17 bits per heavy atom. The molecule has 3 heteroatoms. The van der Waals surface area contributed by atoms with Crippen molar-refractivity contribution in [3.05, 3.63) is 30.1 Å². The summed E-state index contributed by atoms with van der Waals surface area (Å²) in [6.07, 6.45) is 6.47. The fraction of sp³-hybridized carbons (Fsp3) is 0.333. The molecule has 0 saturated carbocycles. The van der Waals surface area contributed by atoms with Gasteiger partial charge in [0.05, 0.1) is 11.8 Å². The minimum atomic E-state index is 0.911. The first kappa shape index (κ1) is 8.71. The van der Waals surface area contributed by atoms with Gasteiger partial charge in [0.25, 0.3) is 0 Å². The van der Waals surface area contributed by atoms with Crippen molar-refractivity contribution in [3.63, 3.8) is 0 Å².